The molecule has 0 aliphatic heterocycles. The van der Waals surface area contributed by atoms with E-state index in [1.165, 1.54) is 24.0 Å². The van der Waals surface area contributed by atoms with E-state index in [4.69, 9.17) is 16.3 Å². The van der Waals surface area contributed by atoms with Gasteiger partial charge in [0.2, 0.25) is 0 Å². The first-order chi connectivity index (χ1) is 9.40. The Kier molecular flexibility index (Phi) is 5.14. The highest BCUT2D eigenvalue weighted by Crippen LogP contribution is 2.39. The number of rotatable bonds is 5. The number of hydrogen-bond acceptors (Lipinski definition) is 1. The third-order valence-electron chi connectivity index (χ3n) is 4.27. The van der Waals surface area contributed by atoms with Gasteiger partial charge in [0, 0.05) is 6.61 Å². The Hall–Kier alpha value is -0.530. The topological polar surface area (TPSA) is 9.23 Å². The quantitative estimate of drug-likeness (QED) is 0.654. The average Bonchev–Trinajstić information content (AvgIpc) is 2.35. The molecule has 1 saturated carbocycles. The Morgan fingerprint density at radius 1 is 1.20 bits per heavy atom. The third-order valence-corrected chi connectivity index (χ3v) is 4.70. The van der Waals surface area contributed by atoms with E-state index < -0.39 is 0 Å². The van der Waals surface area contributed by atoms with Crippen LogP contribution in [0.2, 0.25) is 0 Å². The van der Waals surface area contributed by atoms with Gasteiger partial charge in [0.15, 0.2) is 0 Å². The van der Waals surface area contributed by atoms with E-state index in [2.05, 4.69) is 52.0 Å². The summed E-state index contributed by atoms with van der Waals surface area (Å²) in [5, 5.41) is 0.136. The van der Waals surface area contributed by atoms with E-state index in [-0.39, 0.29) is 10.8 Å². The maximum Gasteiger partial charge on any atom is 0.0587 e. The van der Waals surface area contributed by atoms with Crippen molar-refractivity contribution >= 4 is 11.6 Å². The average molecular weight is 295 g/mol. The zero-order valence-corrected chi connectivity index (χ0v) is 13.9. The predicted molar refractivity (Wildman–Crippen MR) is 86.5 cm³/mol. The van der Waals surface area contributed by atoms with Gasteiger partial charge >= 0.3 is 0 Å². The first-order valence-corrected chi connectivity index (χ1v) is 8.20. The Bertz CT molecular complexity index is 412. The standard InChI is InChI=1S/C18H27ClO/c1-5-20-16-10-13(11-16)12-17(19)14-6-8-15(9-7-14)18(2,3)4/h6-9,13,16-17H,5,10-12H2,1-4H3. The molecule has 0 N–H and O–H groups in total. The van der Waals surface area contributed by atoms with Crippen molar-refractivity contribution in [3.8, 4) is 0 Å². The number of benzene rings is 1. The fourth-order valence-electron chi connectivity index (χ4n) is 2.86. The molecule has 1 nitrogen and oxygen atoms in total. The van der Waals surface area contributed by atoms with Gasteiger partial charge in [-0.25, -0.2) is 0 Å². The summed E-state index contributed by atoms with van der Waals surface area (Å²) < 4.78 is 5.61. The van der Waals surface area contributed by atoms with E-state index in [1.807, 2.05) is 0 Å². The Morgan fingerprint density at radius 3 is 2.30 bits per heavy atom. The molecule has 2 heteroatoms. The second kappa shape index (κ2) is 6.49. The van der Waals surface area contributed by atoms with Crippen molar-refractivity contribution in [2.45, 2.75) is 63.9 Å². The van der Waals surface area contributed by atoms with Crippen LogP contribution in [-0.2, 0) is 10.2 Å². The van der Waals surface area contributed by atoms with E-state index in [0.29, 0.717) is 6.10 Å². The zero-order valence-electron chi connectivity index (χ0n) is 13.2. The molecule has 0 spiro atoms. The molecule has 0 amide bonds. The highest BCUT2D eigenvalue weighted by Gasteiger charge is 2.31. The van der Waals surface area contributed by atoms with Crippen LogP contribution in [0.4, 0.5) is 0 Å². The van der Waals surface area contributed by atoms with Crippen LogP contribution in [0.3, 0.4) is 0 Å². The maximum atomic E-state index is 6.56. The van der Waals surface area contributed by atoms with Crippen LogP contribution in [0.5, 0.6) is 0 Å². The second-order valence-corrected chi connectivity index (χ2v) is 7.52. The molecule has 1 fully saturated rings. The maximum absolute atomic E-state index is 6.56. The van der Waals surface area contributed by atoms with Crippen molar-refractivity contribution in [3.05, 3.63) is 35.4 Å². The van der Waals surface area contributed by atoms with Crippen LogP contribution in [-0.4, -0.2) is 12.7 Å². The fourth-order valence-corrected chi connectivity index (χ4v) is 3.26. The molecule has 1 aliphatic rings. The molecular weight excluding hydrogens is 268 g/mol. The molecule has 112 valence electrons. The molecule has 0 aromatic heterocycles. The number of alkyl halides is 1. The van der Waals surface area contributed by atoms with Crippen molar-refractivity contribution < 1.29 is 4.74 Å². The van der Waals surface area contributed by atoms with E-state index in [0.717, 1.165) is 18.9 Å². The summed E-state index contributed by atoms with van der Waals surface area (Å²) in [7, 11) is 0. The van der Waals surface area contributed by atoms with Gasteiger partial charge in [-0.1, -0.05) is 45.0 Å². The Labute approximate surface area is 128 Å². The molecule has 1 atom stereocenters. The van der Waals surface area contributed by atoms with Gasteiger partial charge < -0.3 is 4.74 Å². The minimum Gasteiger partial charge on any atom is -0.378 e. The smallest absolute Gasteiger partial charge is 0.0587 e. The van der Waals surface area contributed by atoms with E-state index in [9.17, 15) is 0 Å². The molecule has 0 bridgehead atoms. The van der Waals surface area contributed by atoms with Crippen molar-refractivity contribution in [3.63, 3.8) is 0 Å². The van der Waals surface area contributed by atoms with Crippen molar-refractivity contribution in [2.24, 2.45) is 5.92 Å². The van der Waals surface area contributed by atoms with Crippen LogP contribution in [0.1, 0.15) is 63.5 Å². The Morgan fingerprint density at radius 2 is 1.80 bits per heavy atom. The van der Waals surface area contributed by atoms with E-state index in [1.54, 1.807) is 0 Å². The summed E-state index contributed by atoms with van der Waals surface area (Å²) in [6.45, 7) is 9.61. The van der Waals surface area contributed by atoms with E-state index >= 15 is 0 Å². The first kappa shape index (κ1) is 15.9. The molecule has 1 aliphatic carbocycles. The minimum atomic E-state index is 0.136. The molecule has 1 aromatic rings. The van der Waals surface area contributed by atoms with Crippen LogP contribution < -0.4 is 0 Å². The van der Waals surface area contributed by atoms with Crippen molar-refractivity contribution in [2.75, 3.05) is 6.61 Å². The largest absolute Gasteiger partial charge is 0.378 e. The van der Waals surface area contributed by atoms with Gasteiger partial charge in [0.1, 0.15) is 0 Å². The van der Waals surface area contributed by atoms with Gasteiger partial charge in [-0.05, 0) is 48.6 Å². The van der Waals surface area contributed by atoms with Crippen LogP contribution >= 0.6 is 11.6 Å². The van der Waals surface area contributed by atoms with Crippen molar-refractivity contribution in [1.82, 2.24) is 0 Å². The summed E-state index contributed by atoms with van der Waals surface area (Å²) in [4.78, 5) is 0. The fraction of sp³-hybridized carbons (Fsp3) is 0.667. The van der Waals surface area contributed by atoms with Gasteiger partial charge in [-0.3, -0.25) is 0 Å². The summed E-state index contributed by atoms with van der Waals surface area (Å²) in [5.41, 5.74) is 2.82. The van der Waals surface area contributed by atoms with Gasteiger partial charge in [0.05, 0.1) is 11.5 Å². The SMILES string of the molecule is CCOC1CC(CC(Cl)c2ccc(C(C)(C)C)cc2)C1. The van der Waals surface area contributed by atoms with Crippen molar-refractivity contribution in [1.29, 1.82) is 0 Å². The van der Waals surface area contributed by atoms with Crippen LogP contribution in [0.25, 0.3) is 0 Å². The van der Waals surface area contributed by atoms with Gasteiger partial charge in [-0.2, -0.15) is 0 Å². The summed E-state index contributed by atoms with van der Waals surface area (Å²) in [6.07, 6.45) is 3.91. The van der Waals surface area contributed by atoms with Crippen LogP contribution in [0, 0.1) is 5.92 Å². The van der Waals surface area contributed by atoms with Crippen LogP contribution in [0.15, 0.2) is 24.3 Å². The molecule has 1 unspecified atom stereocenters. The van der Waals surface area contributed by atoms with Gasteiger partial charge in [0.25, 0.3) is 0 Å². The lowest BCUT2D eigenvalue weighted by atomic mass is 9.78. The third kappa shape index (κ3) is 3.99. The second-order valence-electron chi connectivity index (χ2n) is 6.99. The lowest BCUT2D eigenvalue weighted by molar-refractivity contribution is -0.0267. The first-order valence-electron chi connectivity index (χ1n) is 7.76. The minimum absolute atomic E-state index is 0.136. The highest BCUT2D eigenvalue weighted by atomic mass is 35.5. The normalized spacial score (nSPS) is 24.2. The number of ether oxygens (including phenoxy) is 1. The molecule has 0 heterocycles. The summed E-state index contributed by atoms with van der Waals surface area (Å²) >= 11 is 6.56. The van der Waals surface area contributed by atoms with Gasteiger partial charge in [-0.15, -0.1) is 11.6 Å². The summed E-state index contributed by atoms with van der Waals surface area (Å²) in [6, 6.07) is 8.82. The molecular formula is C18H27ClO. The molecule has 1 aromatic carbocycles. The molecule has 0 radical (unpaired) electrons. The monoisotopic (exact) mass is 294 g/mol. The number of hydrogen-bond donors (Lipinski definition) is 0. The summed E-state index contributed by atoms with van der Waals surface area (Å²) in [5.74, 6) is 0.733. The highest BCUT2D eigenvalue weighted by molar-refractivity contribution is 6.20. The number of halogens is 1. The molecule has 0 saturated heterocycles. The zero-order chi connectivity index (χ0) is 14.8. The Balaban J connectivity index is 1.86. The molecule has 20 heavy (non-hydrogen) atoms. The predicted octanol–water partition coefficient (Wildman–Crippen LogP) is 5.47. The molecule has 2 rings (SSSR count). The lowest BCUT2D eigenvalue weighted by Crippen LogP contribution is -2.31. The lowest BCUT2D eigenvalue weighted by Gasteiger charge is -2.36.